The molecule has 154 valence electrons. The van der Waals surface area contributed by atoms with Gasteiger partial charge in [0.05, 0.1) is 33.2 Å². The number of rotatable bonds is 7. The molecule has 1 aliphatic rings. The average Bonchev–Trinajstić information content (AvgIpc) is 3.27. The van der Waals surface area contributed by atoms with Crippen LogP contribution >= 0.6 is 0 Å². The van der Waals surface area contributed by atoms with Crippen LogP contribution in [0.1, 0.15) is 47.7 Å². The van der Waals surface area contributed by atoms with Crippen LogP contribution in [0.2, 0.25) is 0 Å². The van der Waals surface area contributed by atoms with E-state index in [2.05, 4.69) is 9.98 Å². The summed E-state index contributed by atoms with van der Waals surface area (Å²) >= 11 is 0. The van der Waals surface area contributed by atoms with E-state index >= 15 is 0 Å². The molecule has 0 atom stereocenters. The summed E-state index contributed by atoms with van der Waals surface area (Å²) in [5.74, 6) is -0.547. The first-order chi connectivity index (χ1) is 14.4. The van der Waals surface area contributed by atoms with Gasteiger partial charge < -0.3 is 10.1 Å². The largest absolute Gasteiger partial charge is 0.494 e. The molecule has 0 unspecified atom stereocenters. The number of benzene rings is 2. The van der Waals surface area contributed by atoms with Crippen molar-refractivity contribution in [1.82, 2.24) is 4.98 Å². The third-order valence-electron chi connectivity index (χ3n) is 5.19. The van der Waals surface area contributed by atoms with Crippen molar-refractivity contribution >= 4 is 21.5 Å². The molecule has 0 aliphatic carbocycles. The molecule has 1 aliphatic heterocycles. The quantitative estimate of drug-likeness (QED) is 0.553. The van der Waals surface area contributed by atoms with E-state index in [1.807, 2.05) is 37.3 Å². The fourth-order valence-electron chi connectivity index (χ4n) is 3.67. The molecule has 1 amide bonds. The Morgan fingerprint density at radius 3 is 2.43 bits per heavy atom. The van der Waals surface area contributed by atoms with E-state index in [0.717, 1.165) is 18.4 Å². The second-order valence-corrected chi connectivity index (χ2v) is 9.39. The minimum atomic E-state index is -3.43. The van der Waals surface area contributed by atoms with Crippen LogP contribution in [0.4, 0.5) is 0 Å². The van der Waals surface area contributed by atoms with Gasteiger partial charge in [0, 0.05) is 11.1 Å². The molecule has 2 N–H and O–H groups in total. The van der Waals surface area contributed by atoms with Gasteiger partial charge >= 0.3 is 0 Å². The minimum absolute atomic E-state index is 0.0819. The van der Waals surface area contributed by atoms with Crippen molar-refractivity contribution in [2.45, 2.75) is 31.1 Å². The number of carbonyl (C=O) groups excluding carboxylic acids is 1. The Labute approximate surface area is 175 Å². The standard InChI is InChI=1S/C23H22N2O4S/c1-2-3-7-13-30(28,29)17-12-8-11-16(14-17)21-19-18(22(26)25-21)20(24-23(19)27)15-9-5-4-6-10-15/h4-6,8-12,14,25-26H,2-3,7,13H2,1H3. The van der Waals surface area contributed by atoms with Crippen molar-refractivity contribution in [2.75, 3.05) is 5.75 Å². The van der Waals surface area contributed by atoms with Crippen molar-refractivity contribution in [3.63, 3.8) is 0 Å². The van der Waals surface area contributed by atoms with Gasteiger partial charge in [0.15, 0.2) is 15.7 Å². The maximum Gasteiger partial charge on any atom is 0.280 e. The molecule has 6 nitrogen and oxygen atoms in total. The highest BCUT2D eigenvalue weighted by Crippen LogP contribution is 2.38. The predicted octanol–water partition coefficient (Wildman–Crippen LogP) is 4.34. The zero-order valence-corrected chi connectivity index (χ0v) is 17.4. The Kier molecular flexibility index (Phi) is 5.30. The van der Waals surface area contributed by atoms with Gasteiger partial charge in [-0.15, -0.1) is 0 Å². The Bertz CT molecular complexity index is 1240. The second-order valence-electron chi connectivity index (χ2n) is 7.28. The highest BCUT2D eigenvalue weighted by molar-refractivity contribution is 7.91. The van der Waals surface area contributed by atoms with Crippen LogP contribution in [0.15, 0.2) is 64.5 Å². The summed E-state index contributed by atoms with van der Waals surface area (Å²) in [4.78, 5) is 19.9. The number of aromatic nitrogens is 1. The van der Waals surface area contributed by atoms with Crippen LogP contribution in [0.25, 0.3) is 11.3 Å². The summed E-state index contributed by atoms with van der Waals surface area (Å²) in [6.45, 7) is 2.02. The molecular weight excluding hydrogens is 400 g/mol. The first-order valence-electron chi connectivity index (χ1n) is 9.89. The second kappa shape index (κ2) is 7.91. The summed E-state index contributed by atoms with van der Waals surface area (Å²) < 4.78 is 25.4. The third-order valence-corrected chi connectivity index (χ3v) is 6.99. The van der Waals surface area contributed by atoms with E-state index in [1.165, 1.54) is 0 Å². The van der Waals surface area contributed by atoms with Crippen molar-refractivity contribution in [3.8, 4) is 17.1 Å². The molecule has 2 aromatic carbocycles. The number of nitrogens with one attached hydrogen (secondary N) is 1. The van der Waals surface area contributed by atoms with E-state index in [0.29, 0.717) is 29.0 Å². The minimum Gasteiger partial charge on any atom is -0.494 e. The van der Waals surface area contributed by atoms with E-state index < -0.39 is 15.7 Å². The van der Waals surface area contributed by atoms with Gasteiger partial charge in [0.1, 0.15) is 0 Å². The zero-order chi connectivity index (χ0) is 21.3. The topological polar surface area (TPSA) is 99.6 Å². The lowest BCUT2D eigenvalue weighted by Gasteiger charge is -2.07. The van der Waals surface area contributed by atoms with Crippen LogP contribution in [0.5, 0.6) is 5.88 Å². The van der Waals surface area contributed by atoms with Crippen LogP contribution in [-0.4, -0.2) is 35.9 Å². The first-order valence-corrected chi connectivity index (χ1v) is 11.5. The molecule has 0 radical (unpaired) electrons. The number of nitrogens with zero attached hydrogens (tertiary/aromatic N) is 1. The fourth-order valence-corrected chi connectivity index (χ4v) is 5.08. The Balaban J connectivity index is 1.75. The summed E-state index contributed by atoms with van der Waals surface area (Å²) in [7, 11) is -3.43. The molecule has 4 rings (SSSR count). The number of sulfone groups is 1. The molecule has 2 heterocycles. The molecular formula is C23H22N2O4S. The fraction of sp³-hybridized carbons (Fsp3) is 0.217. The number of aromatic hydroxyl groups is 1. The smallest absolute Gasteiger partial charge is 0.280 e. The van der Waals surface area contributed by atoms with Gasteiger partial charge in [0.25, 0.3) is 5.91 Å². The van der Waals surface area contributed by atoms with E-state index in [9.17, 15) is 18.3 Å². The van der Waals surface area contributed by atoms with E-state index in [4.69, 9.17) is 0 Å². The van der Waals surface area contributed by atoms with E-state index in [-0.39, 0.29) is 22.1 Å². The molecule has 0 saturated carbocycles. The van der Waals surface area contributed by atoms with Crippen LogP contribution in [0, 0.1) is 0 Å². The van der Waals surface area contributed by atoms with Gasteiger partial charge in [-0.25, -0.2) is 13.4 Å². The lowest BCUT2D eigenvalue weighted by atomic mass is 10.0. The Morgan fingerprint density at radius 1 is 0.967 bits per heavy atom. The zero-order valence-electron chi connectivity index (χ0n) is 16.6. The number of aliphatic imine (C=N–C) groups is 1. The number of unbranched alkanes of at least 4 members (excludes halogenated alkanes) is 2. The Hall–Kier alpha value is -3.19. The molecule has 0 bridgehead atoms. The number of fused-ring (bicyclic) bond motifs is 1. The van der Waals surface area contributed by atoms with Crippen molar-refractivity contribution in [1.29, 1.82) is 0 Å². The maximum absolute atomic E-state index is 12.7. The molecule has 0 fully saturated rings. The first kappa shape index (κ1) is 20.1. The maximum atomic E-state index is 12.7. The number of carbonyl (C=O) groups is 1. The lowest BCUT2D eigenvalue weighted by molar-refractivity contribution is 0.101. The monoisotopic (exact) mass is 422 g/mol. The lowest BCUT2D eigenvalue weighted by Crippen LogP contribution is -2.07. The van der Waals surface area contributed by atoms with Gasteiger partial charge in [-0.2, -0.15) is 0 Å². The summed E-state index contributed by atoms with van der Waals surface area (Å²) in [6.07, 6.45) is 2.40. The predicted molar refractivity (Wildman–Crippen MR) is 116 cm³/mol. The number of H-pyrrole nitrogens is 1. The molecule has 0 spiro atoms. The molecule has 3 aromatic rings. The Morgan fingerprint density at radius 2 is 1.70 bits per heavy atom. The molecule has 30 heavy (non-hydrogen) atoms. The van der Waals surface area contributed by atoms with Crippen LogP contribution in [0.3, 0.4) is 0 Å². The number of aromatic amines is 1. The molecule has 7 heteroatoms. The average molecular weight is 423 g/mol. The van der Waals surface area contributed by atoms with Gasteiger partial charge in [-0.1, -0.05) is 62.2 Å². The summed E-state index contributed by atoms with van der Waals surface area (Å²) in [5, 5.41) is 10.5. The normalized spacial score (nSPS) is 13.4. The summed E-state index contributed by atoms with van der Waals surface area (Å²) in [5.41, 5.74) is 2.61. The number of hydrogen-bond acceptors (Lipinski definition) is 4. The van der Waals surface area contributed by atoms with Gasteiger partial charge in [-0.05, 0) is 18.6 Å². The van der Waals surface area contributed by atoms with E-state index in [1.54, 1.807) is 24.3 Å². The molecule has 0 saturated heterocycles. The highest BCUT2D eigenvalue weighted by atomic mass is 32.2. The third kappa shape index (κ3) is 3.57. The van der Waals surface area contributed by atoms with Crippen molar-refractivity contribution in [3.05, 3.63) is 71.3 Å². The summed E-state index contributed by atoms with van der Waals surface area (Å²) in [6, 6.07) is 15.6. The molecule has 1 aromatic heterocycles. The van der Waals surface area contributed by atoms with Crippen LogP contribution in [-0.2, 0) is 9.84 Å². The van der Waals surface area contributed by atoms with Gasteiger partial charge in [0.2, 0.25) is 0 Å². The van der Waals surface area contributed by atoms with Crippen LogP contribution < -0.4 is 0 Å². The van der Waals surface area contributed by atoms with Gasteiger partial charge in [-0.3, -0.25) is 4.79 Å². The van der Waals surface area contributed by atoms with Crippen molar-refractivity contribution in [2.24, 2.45) is 4.99 Å². The number of hydrogen-bond donors (Lipinski definition) is 2. The SMILES string of the molecule is CCCCCS(=O)(=O)c1cccc(-c2[nH]c(O)c3c2C(=O)N=C3c2ccccc2)c1. The van der Waals surface area contributed by atoms with Crippen molar-refractivity contribution < 1.29 is 18.3 Å². The highest BCUT2D eigenvalue weighted by Gasteiger charge is 2.33. The number of amides is 1.